The number of hydrogen-bond donors (Lipinski definition) is 0. The zero-order valence-corrected chi connectivity index (χ0v) is 27.1. The van der Waals surface area contributed by atoms with Gasteiger partial charge < -0.3 is 18.6 Å². The summed E-state index contributed by atoms with van der Waals surface area (Å²) in [5.74, 6) is -1.28. The molecule has 7 rings (SSSR count). The first-order chi connectivity index (χ1) is 22.5. The zero-order chi connectivity index (χ0) is 31.6. The van der Waals surface area contributed by atoms with Crippen molar-refractivity contribution in [3.05, 3.63) is 180 Å². The van der Waals surface area contributed by atoms with Gasteiger partial charge in [-0.25, -0.2) is 4.39 Å². The van der Waals surface area contributed by atoms with Crippen LogP contribution in [0.5, 0.6) is 0 Å². The minimum Gasteiger partial charge on any atom is -0.399 e. The summed E-state index contributed by atoms with van der Waals surface area (Å²) < 4.78 is 43.6. The number of hydrogen-bond acceptors (Lipinski definition) is 4. The van der Waals surface area contributed by atoms with E-state index in [1.807, 2.05) is 105 Å². The molecule has 1 aliphatic carbocycles. The van der Waals surface area contributed by atoms with Gasteiger partial charge >= 0.3 is 0 Å². The molecule has 0 N–H and O–H groups in total. The monoisotopic (exact) mass is 628 g/mol. The molecule has 1 heterocycles. The third-order valence-electron chi connectivity index (χ3n) is 8.80. The molecule has 0 bridgehead atoms. The molecular weight excluding hydrogens is 592 g/mol. The minimum atomic E-state index is -2.32. The van der Waals surface area contributed by atoms with Crippen LogP contribution in [0.1, 0.15) is 30.5 Å². The van der Waals surface area contributed by atoms with Crippen molar-refractivity contribution >= 4 is 19.4 Å². The van der Waals surface area contributed by atoms with E-state index in [2.05, 4.69) is 60.7 Å². The number of halogens is 1. The average Bonchev–Trinajstić information content (AvgIpc) is 3.54. The summed E-state index contributed by atoms with van der Waals surface area (Å²) in [5, 5.41) is 2.13. The third kappa shape index (κ3) is 5.79. The van der Waals surface area contributed by atoms with Gasteiger partial charge in [-0.15, -0.1) is 0 Å². The van der Waals surface area contributed by atoms with Gasteiger partial charge in [-0.3, -0.25) is 0 Å². The fourth-order valence-corrected chi connectivity index (χ4v) is 9.15. The van der Waals surface area contributed by atoms with E-state index in [0.29, 0.717) is 5.57 Å². The van der Waals surface area contributed by atoms with E-state index >= 15 is 4.39 Å². The summed E-state index contributed by atoms with van der Waals surface area (Å²) in [6.45, 7) is 3.71. The number of fused-ring (bicyclic) bond motifs is 1. The van der Waals surface area contributed by atoms with Crippen LogP contribution in [-0.2, 0) is 24.2 Å². The fraction of sp³-hybridized carbons (Fsp3) is 0.200. The molecule has 4 nitrogen and oxygen atoms in total. The van der Waals surface area contributed by atoms with Crippen molar-refractivity contribution in [1.29, 1.82) is 0 Å². The summed E-state index contributed by atoms with van der Waals surface area (Å²) in [6, 6.07) is 50.5. The molecule has 0 aromatic heterocycles. The van der Waals surface area contributed by atoms with E-state index in [4.69, 9.17) is 18.6 Å². The Bertz CT molecular complexity index is 1630. The molecule has 6 heteroatoms. The Balaban J connectivity index is 1.30. The SMILES string of the molecule is CC1(C)O[C@@H]2[C@H](O1)C(COC(c1ccccc1)(c1ccccc1)c1ccccc1)=C(F)[C@@H]2O[SiH](c1ccccc1)c1ccccc1. The summed E-state index contributed by atoms with van der Waals surface area (Å²) in [5.41, 5.74) is 2.24. The van der Waals surface area contributed by atoms with Gasteiger partial charge in [0.2, 0.25) is 9.04 Å². The molecule has 1 aliphatic heterocycles. The summed E-state index contributed by atoms with van der Waals surface area (Å²) in [4.78, 5) is 0. The molecule has 5 aromatic carbocycles. The Morgan fingerprint density at radius 1 is 0.630 bits per heavy atom. The highest BCUT2D eigenvalue weighted by atomic mass is 28.3. The average molecular weight is 629 g/mol. The van der Waals surface area contributed by atoms with E-state index in [-0.39, 0.29) is 12.4 Å². The van der Waals surface area contributed by atoms with E-state index in [0.717, 1.165) is 27.1 Å². The maximum atomic E-state index is 16.9. The maximum absolute atomic E-state index is 16.9. The van der Waals surface area contributed by atoms with E-state index in [1.165, 1.54) is 0 Å². The van der Waals surface area contributed by atoms with Crippen LogP contribution >= 0.6 is 0 Å². The van der Waals surface area contributed by atoms with Crippen LogP contribution in [0.15, 0.2) is 163 Å². The Morgan fingerprint density at radius 3 is 1.48 bits per heavy atom. The molecule has 0 amide bonds. The van der Waals surface area contributed by atoms with Crippen LogP contribution in [0, 0.1) is 0 Å². The molecule has 0 spiro atoms. The van der Waals surface area contributed by atoms with Gasteiger partial charge in [-0.2, -0.15) is 0 Å². The lowest BCUT2D eigenvalue weighted by Gasteiger charge is -2.36. The van der Waals surface area contributed by atoms with Gasteiger partial charge in [-0.1, -0.05) is 152 Å². The van der Waals surface area contributed by atoms with Crippen molar-refractivity contribution in [1.82, 2.24) is 0 Å². The molecular formula is C40H37FO4Si. The predicted molar refractivity (Wildman–Crippen MR) is 181 cm³/mol. The van der Waals surface area contributed by atoms with Crippen LogP contribution in [0.2, 0.25) is 0 Å². The summed E-state index contributed by atoms with van der Waals surface area (Å²) in [7, 11) is -2.32. The smallest absolute Gasteiger partial charge is 0.241 e. The second kappa shape index (κ2) is 12.9. The normalized spacial score (nSPS) is 20.7. The van der Waals surface area contributed by atoms with Gasteiger partial charge in [0.1, 0.15) is 29.7 Å². The molecule has 0 saturated carbocycles. The Hall–Kier alpha value is -4.17. The van der Waals surface area contributed by atoms with Crippen molar-refractivity contribution in [3.8, 4) is 0 Å². The molecule has 0 unspecified atom stereocenters. The summed E-state index contributed by atoms with van der Waals surface area (Å²) >= 11 is 0. The van der Waals surface area contributed by atoms with Crippen LogP contribution < -0.4 is 10.4 Å². The lowest BCUT2D eigenvalue weighted by Crippen LogP contribution is -2.49. The van der Waals surface area contributed by atoms with Crippen LogP contribution in [0.4, 0.5) is 4.39 Å². The molecule has 46 heavy (non-hydrogen) atoms. The minimum absolute atomic E-state index is 0.0200. The highest BCUT2D eigenvalue weighted by molar-refractivity contribution is 6.80. The van der Waals surface area contributed by atoms with Gasteiger partial charge in [0.15, 0.2) is 5.79 Å². The Labute approximate surface area is 271 Å². The molecule has 3 atom stereocenters. The fourth-order valence-electron chi connectivity index (χ4n) is 6.74. The summed E-state index contributed by atoms with van der Waals surface area (Å²) in [6.07, 6.45) is -2.22. The van der Waals surface area contributed by atoms with Crippen molar-refractivity contribution in [3.63, 3.8) is 0 Å². The van der Waals surface area contributed by atoms with Gasteiger partial charge in [0, 0.05) is 5.57 Å². The lowest BCUT2D eigenvalue weighted by atomic mass is 9.80. The first-order valence-corrected chi connectivity index (χ1v) is 17.4. The Kier molecular flexibility index (Phi) is 8.55. The first kappa shape index (κ1) is 30.5. The standard InChI is InChI=1S/C40H37FO4Si/c1-39(2)43-36-34(35(41)37(38(36)44-39)45-46(32-24-14-6-15-25-32)33-26-16-7-17-27-33)28-42-40(29-18-8-3-9-19-29,30-20-10-4-11-21-30)31-22-12-5-13-23-31/h3-27,36-38,46H,28H2,1-2H3/t36-,37+,38-/m1/s1. The zero-order valence-electron chi connectivity index (χ0n) is 26.0. The quantitative estimate of drug-likeness (QED) is 0.128. The maximum Gasteiger partial charge on any atom is 0.241 e. The number of benzene rings is 5. The van der Waals surface area contributed by atoms with Crippen molar-refractivity contribution < 1.29 is 23.0 Å². The van der Waals surface area contributed by atoms with Gasteiger partial charge in [0.05, 0.1) is 6.61 Å². The first-order valence-electron chi connectivity index (χ1n) is 15.8. The lowest BCUT2D eigenvalue weighted by molar-refractivity contribution is -0.154. The van der Waals surface area contributed by atoms with Crippen molar-refractivity contribution in [2.24, 2.45) is 0 Å². The van der Waals surface area contributed by atoms with Crippen molar-refractivity contribution in [2.75, 3.05) is 6.61 Å². The molecule has 2 aliphatic rings. The topological polar surface area (TPSA) is 36.9 Å². The highest BCUT2D eigenvalue weighted by Gasteiger charge is 2.55. The van der Waals surface area contributed by atoms with Crippen molar-refractivity contribution in [2.45, 2.75) is 43.5 Å². The Morgan fingerprint density at radius 2 is 1.04 bits per heavy atom. The van der Waals surface area contributed by atoms with E-state index < -0.39 is 38.7 Å². The molecule has 1 saturated heterocycles. The van der Waals surface area contributed by atoms with Crippen LogP contribution in [-0.4, -0.2) is 39.7 Å². The molecule has 0 radical (unpaired) electrons. The van der Waals surface area contributed by atoms with Gasteiger partial charge in [-0.05, 0) is 40.9 Å². The van der Waals surface area contributed by atoms with Crippen LogP contribution in [0.3, 0.4) is 0 Å². The number of rotatable bonds is 10. The highest BCUT2D eigenvalue weighted by Crippen LogP contribution is 2.46. The molecule has 232 valence electrons. The largest absolute Gasteiger partial charge is 0.399 e. The molecule has 5 aromatic rings. The van der Waals surface area contributed by atoms with E-state index in [9.17, 15) is 0 Å². The number of ether oxygens (including phenoxy) is 3. The third-order valence-corrected chi connectivity index (χ3v) is 11.3. The molecule has 1 fully saturated rings. The predicted octanol–water partition coefficient (Wildman–Crippen LogP) is 6.68. The second-order valence-corrected chi connectivity index (χ2v) is 14.6. The van der Waals surface area contributed by atoms with Crippen LogP contribution in [0.25, 0.3) is 0 Å². The van der Waals surface area contributed by atoms with E-state index in [1.54, 1.807) is 0 Å². The second-order valence-electron chi connectivity index (χ2n) is 12.2. The van der Waals surface area contributed by atoms with Gasteiger partial charge in [0.25, 0.3) is 0 Å².